The molecule has 0 aromatic rings. The minimum Gasteiger partial charge on any atom is -0.443 e. The lowest BCUT2D eigenvalue weighted by atomic mass is 9.83. The van der Waals surface area contributed by atoms with E-state index in [1.165, 1.54) is 25.7 Å². The average Bonchev–Trinajstić information content (AvgIpc) is 2.96. The Hall–Kier alpha value is -0.730. The Kier molecular flexibility index (Phi) is 2.83. The summed E-state index contributed by atoms with van der Waals surface area (Å²) < 4.78 is 5.65. The first-order valence-electron chi connectivity index (χ1n) is 7.50. The monoisotopic (exact) mass is 251 g/mol. The largest absolute Gasteiger partial charge is 0.443 e. The molecule has 3 rings (SSSR count). The van der Waals surface area contributed by atoms with Gasteiger partial charge < -0.3 is 9.64 Å². The number of rotatable bonds is 2. The Labute approximate surface area is 110 Å². The van der Waals surface area contributed by atoms with E-state index in [-0.39, 0.29) is 11.7 Å². The molecule has 0 aromatic heterocycles. The highest BCUT2D eigenvalue weighted by Gasteiger charge is 2.48. The summed E-state index contributed by atoms with van der Waals surface area (Å²) in [5.74, 6) is 1.54. The maximum absolute atomic E-state index is 12.3. The second-order valence-electron chi connectivity index (χ2n) is 7.09. The maximum atomic E-state index is 12.3. The average molecular weight is 251 g/mol. The number of amides is 1. The highest BCUT2D eigenvalue weighted by atomic mass is 16.6. The molecular weight excluding hydrogens is 226 g/mol. The minimum absolute atomic E-state index is 0.0373. The highest BCUT2D eigenvalue weighted by molar-refractivity contribution is 5.70. The van der Waals surface area contributed by atoms with Crippen LogP contribution in [0.2, 0.25) is 0 Å². The lowest BCUT2D eigenvalue weighted by Gasteiger charge is -2.40. The second-order valence-corrected chi connectivity index (χ2v) is 7.09. The molecule has 3 nitrogen and oxygen atoms in total. The van der Waals surface area contributed by atoms with Crippen molar-refractivity contribution < 1.29 is 9.53 Å². The van der Waals surface area contributed by atoms with Crippen LogP contribution in [0.5, 0.6) is 0 Å². The zero-order valence-corrected chi connectivity index (χ0v) is 11.8. The van der Waals surface area contributed by atoms with Crippen molar-refractivity contribution in [3.05, 3.63) is 0 Å². The van der Waals surface area contributed by atoms with Gasteiger partial charge in [0, 0.05) is 12.1 Å². The molecule has 3 heteroatoms. The van der Waals surface area contributed by atoms with E-state index in [4.69, 9.17) is 4.74 Å². The van der Waals surface area contributed by atoms with Crippen LogP contribution in [-0.2, 0) is 4.74 Å². The van der Waals surface area contributed by atoms with Crippen molar-refractivity contribution in [1.29, 1.82) is 0 Å². The third-order valence-corrected chi connectivity index (χ3v) is 5.21. The molecule has 3 aliphatic rings. The Morgan fingerprint density at radius 1 is 1.22 bits per heavy atom. The molecule has 3 fully saturated rings. The van der Waals surface area contributed by atoms with Crippen molar-refractivity contribution in [3.63, 3.8) is 0 Å². The van der Waals surface area contributed by atoms with E-state index >= 15 is 0 Å². The van der Waals surface area contributed by atoms with Gasteiger partial charge in [-0.2, -0.15) is 0 Å². The topological polar surface area (TPSA) is 29.5 Å². The van der Waals surface area contributed by atoms with Gasteiger partial charge in [-0.1, -0.05) is 13.8 Å². The number of carbonyl (C=O) groups excluding carboxylic acids is 1. The van der Waals surface area contributed by atoms with Gasteiger partial charge in [-0.3, -0.25) is 0 Å². The van der Waals surface area contributed by atoms with Crippen molar-refractivity contribution in [2.75, 3.05) is 0 Å². The quantitative estimate of drug-likeness (QED) is 0.751. The number of hydrogen-bond donors (Lipinski definition) is 0. The van der Waals surface area contributed by atoms with Crippen LogP contribution in [-0.4, -0.2) is 28.7 Å². The normalized spacial score (nSPS) is 36.9. The SMILES string of the molecule is CC(C)C1CC2CCC(C1)N2C(=O)OC1(C)CC1. The third kappa shape index (κ3) is 2.12. The number of fused-ring (bicyclic) bond motifs is 2. The Morgan fingerprint density at radius 2 is 1.78 bits per heavy atom. The van der Waals surface area contributed by atoms with Gasteiger partial charge in [-0.05, 0) is 57.3 Å². The van der Waals surface area contributed by atoms with Gasteiger partial charge >= 0.3 is 6.09 Å². The van der Waals surface area contributed by atoms with Gasteiger partial charge in [0.2, 0.25) is 0 Å². The van der Waals surface area contributed by atoms with E-state index in [0.717, 1.165) is 24.7 Å². The summed E-state index contributed by atoms with van der Waals surface area (Å²) in [6, 6.07) is 0.900. The molecule has 0 N–H and O–H groups in total. The molecule has 1 aliphatic carbocycles. The maximum Gasteiger partial charge on any atom is 0.410 e. The summed E-state index contributed by atoms with van der Waals surface area (Å²) in [5, 5.41) is 0. The summed E-state index contributed by atoms with van der Waals surface area (Å²) in [4.78, 5) is 14.4. The van der Waals surface area contributed by atoms with Crippen LogP contribution in [0.15, 0.2) is 0 Å². The van der Waals surface area contributed by atoms with Crippen molar-refractivity contribution >= 4 is 6.09 Å². The van der Waals surface area contributed by atoms with E-state index in [2.05, 4.69) is 18.7 Å². The van der Waals surface area contributed by atoms with E-state index in [1.807, 2.05) is 6.92 Å². The van der Waals surface area contributed by atoms with E-state index < -0.39 is 0 Å². The van der Waals surface area contributed by atoms with E-state index in [1.54, 1.807) is 0 Å². The first kappa shape index (κ1) is 12.3. The fourth-order valence-corrected chi connectivity index (χ4v) is 3.60. The van der Waals surface area contributed by atoms with Crippen LogP contribution >= 0.6 is 0 Å². The first-order valence-corrected chi connectivity index (χ1v) is 7.50. The van der Waals surface area contributed by atoms with Gasteiger partial charge in [0.25, 0.3) is 0 Å². The fraction of sp³-hybridized carbons (Fsp3) is 0.933. The predicted molar refractivity (Wildman–Crippen MR) is 70.3 cm³/mol. The Morgan fingerprint density at radius 3 is 2.22 bits per heavy atom. The number of piperidine rings is 1. The molecule has 1 saturated carbocycles. The van der Waals surface area contributed by atoms with Crippen LogP contribution < -0.4 is 0 Å². The van der Waals surface area contributed by atoms with Crippen molar-refractivity contribution in [3.8, 4) is 0 Å². The minimum atomic E-state index is -0.134. The van der Waals surface area contributed by atoms with Gasteiger partial charge in [0.15, 0.2) is 0 Å². The molecular formula is C15H25NO2. The molecule has 0 spiro atoms. The Bertz CT molecular complexity index is 334. The molecule has 102 valence electrons. The molecule has 2 heterocycles. The number of nitrogens with zero attached hydrogens (tertiary/aromatic N) is 1. The standard InChI is InChI=1S/C15H25NO2/c1-10(2)11-8-12-4-5-13(9-11)16(12)14(17)18-15(3)6-7-15/h10-13H,4-9H2,1-3H3. The predicted octanol–water partition coefficient (Wildman–Crippen LogP) is 3.57. The molecule has 2 unspecified atom stereocenters. The van der Waals surface area contributed by atoms with Gasteiger partial charge in [-0.25, -0.2) is 4.79 Å². The van der Waals surface area contributed by atoms with Crippen molar-refractivity contribution in [2.45, 2.75) is 77.0 Å². The number of ether oxygens (including phenoxy) is 1. The van der Waals surface area contributed by atoms with E-state index in [0.29, 0.717) is 12.1 Å². The molecule has 18 heavy (non-hydrogen) atoms. The first-order chi connectivity index (χ1) is 8.48. The zero-order chi connectivity index (χ0) is 12.9. The molecule has 2 aliphatic heterocycles. The smallest absolute Gasteiger partial charge is 0.410 e. The lowest BCUT2D eigenvalue weighted by Crippen LogP contribution is -2.48. The summed E-state index contributed by atoms with van der Waals surface area (Å²) in [5.41, 5.74) is -0.134. The van der Waals surface area contributed by atoms with Crippen LogP contribution in [0.1, 0.15) is 59.3 Å². The Balaban J connectivity index is 1.66. The van der Waals surface area contributed by atoms with Crippen LogP contribution in [0, 0.1) is 11.8 Å². The third-order valence-electron chi connectivity index (χ3n) is 5.21. The molecule has 0 radical (unpaired) electrons. The molecule has 2 saturated heterocycles. The molecule has 2 bridgehead atoms. The van der Waals surface area contributed by atoms with Gasteiger partial charge in [0.1, 0.15) is 5.60 Å². The lowest BCUT2D eigenvalue weighted by molar-refractivity contribution is 0.0226. The zero-order valence-electron chi connectivity index (χ0n) is 11.8. The van der Waals surface area contributed by atoms with Crippen molar-refractivity contribution in [2.24, 2.45) is 11.8 Å². The van der Waals surface area contributed by atoms with Crippen molar-refractivity contribution in [1.82, 2.24) is 4.90 Å². The van der Waals surface area contributed by atoms with E-state index in [9.17, 15) is 4.79 Å². The fourth-order valence-electron chi connectivity index (χ4n) is 3.60. The molecule has 0 aromatic carbocycles. The molecule has 2 atom stereocenters. The summed E-state index contributed by atoms with van der Waals surface area (Å²) in [7, 11) is 0. The van der Waals surface area contributed by atoms with Crippen LogP contribution in [0.3, 0.4) is 0 Å². The number of hydrogen-bond acceptors (Lipinski definition) is 2. The highest BCUT2D eigenvalue weighted by Crippen LogP contribution is 2.44. The summed E-state index contributed by atoms with van der Waals surface area (Å²) in [6.45, 7) is 6.67. The summed E-state index contributed by atoms with van der Waals surface area (Å²) in [6.07, 6.45) is 6.76. The van der Waals surface area contributed by atoms with Crippen LogP contribution in [0.25, 0.3) is 0 Å². The second kappa shape index (κ2) is 4.14. The molecule has 1 amide bonds. The van der Waals surface area contributed by atoms with Gasteiger partial charge in [-0.15, -0.1) is 0 Å². The number of carbonyl (C=O) groups is 1. The summed E-state index contributed by atoms with van der Waals surface area (Å²) >= 11 is 0. The van der Waals surface area contributed by atoms with Crippen LogP contribution in [0.4, 0.5) is 4.79 Å². The van der Waals surface area contributed by atoms with Gasteiger partial charge in [0.05, 0.1) is 0 Å².